The van der Waals surface area contributed by atoms with Crippen LogP contribution in [0.25, 0.3) is 0 Å². The first-order chi connectivity index (χ1) is 9.44. The molecule has 0 saturated carbocycles. The first kappa shape index (κ1) is 17.2. The molecule has 0 aliphatic heterocycles. The molecule has 0 aliphatic carbocycles. The molecule has 0 aliphatic rings. The average molecular weight is 327 g/mol. The molecular weight excluding hydrogens is 315 g/mol. The number of carbonyl (C=O) groups is 1. The zero-order valence-corrected chi connectivity index (χ0v) is 11.7. The molecule has 1 rings (SSSR count). The second-order valence-electron chi connectivity index (χ2n) is 4.21. The third-order valence-corrected chi connectivity index (χ3v) is 4.24. The Morgan fingerprint density at radius 1 is 1.33 bits per heavy atom. The van der Waals surface area contributed by atoms with E-state index in [1.165, 1.54) is 24.0 Å². The van der Waals surface area contributed by atoms with Gasteiger partial charge in [0.05, 0.1) is 12.0 Å². The van der Waals surface area contributed by atoms with Gasteiger partial charge in [-0.3, -0.25) is 0 Å². The van der Waals surface area contributed by atoms with Gasteiger partial charge in [-0.25, -0.2) is 13.2 Å². The highest BCUT2D eigenvalue weighted by molar-refractivity contribution is 7.89. The summed E-state index contributed by atoms with van der Waals surface area (Å²) < 4.78 is 68.2. The van der Waals surface area contributed by atoms with Crippen LogP contribution in [0.2, 0.25) is 0 Å². The number of nitrogens with one attached hydrogen (secondary N) is 1. The molecule has 0 saturated heterocycles. The minimum absolute atomic E-state index is 0.0990. The van der Waals surface area contributed by atoms with Gasteiger partial charge >= 0.3 is 12.1 Å². The van der Waals surface area contributed by atoms with Crippen molar-refractivity contribution >= 4 is 16.0 Å². The molecule has 118 valence electrons. The minimum atomic E-state index is -5.31. The fourth-order valence-electron chi connectivity index (χ4n) is 1.32. The van der Waals surface area contributed by atoms with Gasteiger partial charge in [0.25, 0.3) is 0 Å². The molecule has 1 unspecified atom stereocenters. The number of hydrogen-bond acceptors (Lipinski definition) is 4. The SMILES string of the molecule is COc1cccc(S(=O)(=O)NC(C)(C(=O)O)C(F)(F)F)c1. The Morgan fingerprint density at radius 3 is 2.33 bits per heavy atom. The number of alkyl halides is 3. The van der Waals surface area contributed by atoms with Gasteiger partial charge in [-0.1, -0.05) is 6.07 Å². The second kappa shape index (κ2) is 5.53. The minimum Gasteiger partial charge on any atom is -0.497 e. The molecule has 0 radical (unpaired) electrons. The zero-order valence-electron chi connectivity index (χ0n) is 10.9. The highest BCUT2D eigenvalue weighted by atomic mass is 32.2. The van der Waals surface area contributed by atoms with E-state index >= 15 is 0 Å². The van der Waals surface area contributed by atoms with Gasteiger partial charge in [-0.05, 0) is 19.1 Å². The van der Waals surface area contributed by atoms with Crippen LogP contribution in [0.3, 0.4) is 0 Å². The number of ether oxygens (including phenoxy) is 1. The van der Waals surface area contributed by atoms with Crippen LogP contribution in [0, 0.1) is 0 Å². The van der Waals surface area contributed by atoms with E-state index in [1.807, 2.05) is 0 Å². The molecule has 0 spiro atoms. The summed E-state index contributed by atoms with van der Waals surface area (Å²) in [7, 11) is -3.46. The molecule has 0 bridgehead atoms. The quantitative estimate of drug-likeness (QED) is 0.852. The molecule has 10 heteroatoms. The van der Waals surface area contributed by atoms with Gasteiger partial charge in [0.2, 0.25) is 15.6 Å². The Balaban J connectivity index is 3.28. The zero-order chi connectivity index (χ0) is 16.5. The normalized spacial score (nSPS) is 15.3. The van der Waals surface area contributed by atoms with E-state index in [0.717, 1.165) is 12.1 Å². The van der Waals surface area contributed by atoms with Crippen LogP contribution in [0.1, 0.15) is 6.92 Å². The van der Waals surface area contributed by atoms with Crippen LogP contribution in [0.5, 0.6) is 5.75 Å². The largest absolute Gasteiger partial charge is 0.497 e. The van der Waals surface area contributed by atoms with Crippen molar-refractivity contribution in [1.29, 1.82) is 0 Å². The number of benzene rings is 1. The summed E-state index contributed by atoms with van der Waals surface area (Å²) in [5.41, 5.74) is -3.64. The van der Waals surface area contributed by atoms with Gasteiger partial charge in [0.15, 0.2) is 0 Å². The lowest BCUT2D eigenvalue weighted by molar-refractivity contribution is -0.201. The number of methoxy groups -OCH3 is 1. The van der Waals surface area contributed by atoms with E-state index in [-0.39, 0.29) is 12.7 Å². The van der Waals surface area contributed by atoms with Crippen LogP contribution < -0.4 is 9.46 Å². The lowest BCUT2D eigenvalue weighted by Crippen LogP contribution is -2.61. The predicted molar refractivity (Wildman–Crippen MR) is 65.4 cm³/mol. The smallest absolute Gasteiger partial charge is 0.418 e. The average Bonchev–Trinajstić information content (AvgIpc) is 2.36. The fraction of sp³-hybridized carbons (Fsp3) is 0.364. The number of rotatable bonds is 5. The van der Waals surface area contributed by atoms with Crippen molar-refractivity contribution in [2.45, 2.75) is 23.5 Å². The second-order valence-corrected chi connectivity index (χ2v) is 5.89. The molecule has 0 heterocycles. The lowest BCUT2D eigenvalue weighted by Gasteiger charge is -2.28. The molecule has 0 fully saturated rings. The summed E-state index contributed by atoms with van der Waals surface area (Å²) in [4.78, 5) is 10.3. The van der Waals surface area contributed by atoms with Gasteiger partial charge in [0.1, 0.15) is 5.75 Å². The standard InChI is InChI=1S/C11H12F3NO5S/c1-10(9(16)17,11(12,13)14)15-21(18,19)8-5-3-4-7(6-8)20-2/h3-6,15H,1-2H3,(H,16,17). The number of carboxylic acid groups (broad SMARTS) is 1. The number of aliphatic carboxylic acids is 1. The molecule has 1 atom stereocenters. The number of hydrogen-bond donors (Lipinski definition) is 2. The maximum Gasteiger partial charge on any atom is 0.418 e. The molecular formula is C11H12F3NO5S. The third kappa shape index (κ3) is 3.45. The van der Waals surface area contributed by atoms with Crippen LogP contribution in [-0.2, 0) is 14.8 Å². The van der Waals surface area contributed by atoms with Crippen molar-refractivity contribution in [1.82, 2.24) is 4.72 Å². The van der Waals surface area contributed by atoms with E-state index in [1.54, 1.807) is 0 Å². The first-order valence-corrected chi connectivity index (χ1v) is 6.90. The van der Waals surface area contributed by atoms with E-state index in [0.29, 0.717) is 0 Å². The van der Waals surface area contributed by atoms with E-state index in [4.69, 9.17) is 9.84 Å². The molecule has 21 heavy (non-hydrogen) atoms. The Kier molecular flexibility index (Phi) is 4.54. The van der Waals surface area contributed by atoms with Gasteiger partial charge in [-0.2, -0.15) is 17.9 Å². The van der Waals surface area contributed by atoms with Crippen molar-refractivity contribution in [3.63, 3.8) is 0 Å². The first-order valence-electron chi connectivity index (χ1n) is 5.42. The summed E-state index contributed by atoms with van der Waals surface area (Å²) in [5, 5.41) is 8.71. The maximum absolute atomic E-state index is 12.8. The summed E-state index contributed by atoms with van der Waals surface area (Å²) in [6, 6.07) is 4.63. The molecule has 0 amide bonds. The summed E-state index contributed by atoms with van der Waals surface area (Å²) >= 11 is 0. The molecule has 2 N–H and O–H groups in total. The third-order valence-electron chi connectivity index (χ3n) is 2.68. The van der Waals surface area contributed by atoms with Crippen molar-refractivity contribution in [2.24, 2.45) is 0 Å². The van der Waals surface area contributed by atoms with E-state index < -0.39 is 32.6 Å². The van der Waals surface area contributed by atoms with Crippen LogP contribution >= 0.6 is 0 Å². The summed E-state index contributed by atoms with van der Waals surface area (Å²) in [6.07, 6.45) is -5.31. The van der Waals surface area contributed by atoms with Gasteiger partial charge in [-0.15, -0.1) is 0 Å². The van der Waals surface area contributed by atoms with Crippen molar-refractivity contribution in [3.05, 3.63) is 24.3 Å². The van der Waals surface area contributed by atoms with Crippen molar-refractivity contribution in [2.75, 3.05) is 7.11 Å². The summed E-state index contributed by atoms with van der Waals surface area (Å²) in [6.45, 7) is 0.229. The van der Waals surface area contributed by atoms with E-state index in [9.17, 15) is 26.4 Å². The monoisotopic (exact) mass is 327 g/mol. The summed E-state index contributed by atoms with van der Waals surface area (Å²) in [5.74, 6) is -2.26. The van der Waals surface area contributed by atoms with Crippen molar-refractivity contribution < 1.29 is 36.2 Å². The van der Waals surface area contributed by atoms with Gasteiger partial charge in [0, 0.05) is 6.07 Å². The Labute approximate surface area is 118 Å². The lowest BCUT2D eigenvalue weighted by atomic mass is 10.0. The van der Waals surface area contributed by atoms with Crippen LogP contribution in [0.15, 0.2) is 29.2 Å². The molecule has 1 aromatic rings. The van der Waals surface area contributed by atoms with Crippen molar-refractivity contribution in [3.8, 4) is 5.75 Å². The Morgan fingerprint density at radius 2 is 1.90 bits per heavy atom. The highest BCUT2D eigenvalue weighted by Gasteiger charge is 2.59. The number of sulfonamides is 1. The molecule has 6 nitrogen and oxygen atoms in total. The fourth-order valence-corrected chi connectivity index (χ4v) is 2.71. The van der Waals surface area contributed by atoms with Crippen LogP contribution in [0.4, 0.5) is 13.2 Å². The number of carboxylic acids is 1. The van der Waals surface area contributed by atoms with Crippen LogP contribution in [-0.4, -0.2) is 38.3 Å². The molecule has 1 aromatic carbocycles. The van der Waals surface area contributed by atoms with E-state index in [2.05, 4.69) is 0 Å². The highest BCUT2D eigenvalue weighted by Crippen LogP contribution is 2.32. The van der Waals surface area contributed by atoms with Gasteiger partial charge < -0.3 is 9.84 Å². The molecule has 0 aromatic heterocycles. The Hall–Kier alpha value is -1.81. The number of halogens is 3. The predicted octanol–water partition coefficient (Wildman–Crippen LogP) is 1.38. The Bertz CT molecular complexity index is 644. The maximum atomic E-state index is 12.8. The topological polar surface area (TPSA) is 92.7 Å².